The Kier molecular flexibility index (Phi) is 3.18. The van der Waals surface area contributed by atoms with Gasteiger partial charge in [0.1, 0.15) is 0 Å². The number of nitrogen functional groups attached to an aromatic ring is 1. The van der Waals surface area contributed by atoms with Crippen LogP contribution in [0.25, 0.3) is 0 Å². The molecule has 0 atom stereocenters. The quantitative estimate of drug-likeness (QED) is 0.686. The van der Waals surface area contributed by atoms with Crippen molar-refractivity contribution in [2.24, 2.45) is 0 Å². The Hall–Kier alpha value is -1.20. The summed E-state index contributed by atoms with van der Waals surface area (Å²) in [5.41, 5.74) is 6.55. The summed E-state index contributed by atoms with van der Waals surface area (Å²) in [6.07, 6.45) is 2.34. The Labute approximate surface area is 114 Å². The number of halogens is 1. The molecule has 1 fully saturated rings. The van der Waals surface area contributed by atoms with Crippen LogP contribution in [0.2, 0.25) is 5.02 Å². The van der Waals surface area contributed by atoms with Crippen LogP contribution in [-0.4, -0.2) is 10.1 Å². The molecule has 18 heavy (non-hydrogen) atoms. The highest BCUT2D eigenvalue weighted by atomic mass is 35.5. The first-order valence-electron chi connectivity index (χ1n) is 5.73. The maximum atomic E-state index is 6.09. The van der Waals surface area contributed by atoms with Crippen molar-refractivity contribution < 1.29 is 4.52 Å². The highest BCUT2D eigenvalue weighted by Gasteiger charge is 2.28. The predicted molar refractivity (Wildman–Crippen MR) is 71.7 cm³/mol. The molecule has 2 aromatic rings. The van der Waals surface area contributed by atoms with Crippen molar-refractivity contribution in [3.05, 3.63) is 34.9 Å². The lowest BCUT2D eigenvalue weighted by Gasteiger charge is -2.05. The number of rotatable bonds is 4. The van der Waals surface area contributed by atoms with Gasteiger partial charge in [-0.3, -0.25) is 0 Å². The van der Waals surface area contributed by atoms with Crippen molar-refractivity contribution in [1.82, 2.24) is 10.1 Å². The third kappa shape index (κ3) is 2.47. The number of aromatic nitrogens is 2. The van der Waals surface area contributed by atoms with Gasteiger partial charge in [-0.15, -0.1) is 11.8 Å². The van der Waals surface area contributed by atoms with E-state index < -0.39 is 0 Å². The third-order valence-electron chi connectivity index (χ3n) is 2.76. The Morgan fingerprint density at radius 2 is 2.28 bits per heavy atom. The van der Waals surface area contributed by atoms with E-state index in [9.17, 15) is 0 Å². The van der Waals surface area contributed by atoms with Gasteiger partial charge in [0, 0.05) is 16.5 Å². The molecule has 0 bridgehead atoms. The van der Waals surface area contributed by atoms with Crippen LogP contribution in [0.3, 0.4) is 0 Å². The monoisotopic (exact) mass is 281 g/mol. The molecule has 94 valence electrons. The standard InChI is InChI=1S/C12H12ClN3OS/c13-8-2-1-3-9(14)11(8)18-6-10-15-12(16-17-10)7-4-5-7/h1-3,7H,4-6,14H2. The molecule has 1 aromatic carbocycles. The first-order valence-corrected chi connectivity index (χ1v) is 7.09. The zero-order chi connectivity index (χ0) is 12.5. The second kappa shape index (κ2) is 4.82. The van der Waals surface area contributed by atoms with Crippen molar-refractivity contribution >= 4 is 29.1 Å². The van der Waals surface area contributed by atoms with Gasteiger partial charge >= 0.3 is 0 Å². The van der Waals surface area contributed by atoms with Gasteiger partial charge < -0.3 is 10.3 Å². The Balaban J connectivity index is 1.69. The number of anilines is 1. The van der Waals surface area contributed by atoms with Crippen molar-refractivity contribution in [1.29, 1.82) is 0 Å². The first kappa shape index (κ1) is 11.9. The minimum atomic E-state index is 0.512. The summed E-state index contributed by atoms with van der Waals surface area (Å²) in [5, 5.41) is 4.63. The van der Waals surface area contributed by atoms with Gasteiger partial charge in [0.05, 0.1) is 10.8 Å². The van der Waals surface area contributed by atoms with Gasteiger partial charge in [-0.05, 0) is 25.0 Å². The molecule has 0 amide bonds. The summed E-state index contributed by atoms with van der Waals surface area (Å²) < 4.78 is 5.20. The van der Waals surface area contributed by atoms with Crippen molar-refractivity contribution in [2.75, 3.05) is 5.73 Å². The number of thioether (sulfide) groups is 1. The Morgan fingerprint density at radius 1 is 1.44 bits per heavy atom. The van der Waals surface area contributed by atoms with E-state index in [1.807, 2.05) is 18.2 Å². The molecule has 0 spiro atoms. The van der Waals surface area contributed by atoms with Crippen molar-refractivity contribution in [2.45, 2.75) is 29.4 Å². The van der Waals surface area contributed by atoms with Crippen LogP contribution in [-0.2, 0) is 5.75 Å². The maximum Gasteiger partial charge on any atom is 0.237 e. The second-order valence-corrected chi connectivity index (χ2v) is 5.66. The molecule has 1 heterocycles. The molecule has 4 nitrogen and oxygen atoms in total. The molecule has 3 rings (SSSR count). The van der Waals surface area contributed by atoms with Crippen LogP contribution in [0.5, 0.6) is 0 Å². The number of hydrogen-bond acceptors (Lipinski definition) is 5. The normalized spacial score (nSPS) is 14.9. The summed E-state index contributed by atoms with van der Waals surface area (Å²) in [6.45, 7) is 0. The van der Waals surface area contributed by atoms with Crippen LogP contribution in [0, 0.1) is 0 Å². The fourth-order valence-electron chi connectivity index (χ4n) is 1.65. The molecule has 2 N–H and O–H groups in total. The van der Waals surface area contributed by atoms with Gasteiger partial charge in [-0.2, -0.15) is 4.98 Å². The van der Waals surface area contributed by atoms with E-state index in [1.165, 1.54) is 24.6 Å². The zero-order valence-corrected chi connectivity index (χ0v) is 11.2. The van der Waals surface area contributed by atoms with E-state index >= 15 is 0 Å². The van der Waals surface area contributed by atoms with Gasteiger partial charge in [0.15, 0.2) is 5.82 Å². The number of nitrogens with zero attached hydrogens (tertiary/aromatic N) is 2. The van der Waals surface area contributed by atoms with E-state index in [1.54, 1.807) is 0 Å². The van der Waals surface area contributed by atoms with Crippen LogP contribution in [0.1, 0.15) is 30.5 Å². The lowest BCUT2D eigenvalue weighted by Crippen LogP contribution is -1.90. The molecule has 1 aromatic heterocycles. The Morgan fingerprint density at radius 3 is 3.00 bits per heavy atom. The molecular formula is C12H12ClN3OS. The maximum absolute atomic E-state index is 6.09. The molecule has 0 unspecified atom stereocenters. The summed E-state index contributed by atoms with van der Waals surface area (Å²) >= 11 is 7.61. The fraction of sp³-hybridized carbons (Fsp3) is 0.333. The third-order valence-corrected chi connectivity index (χ3v) is 4.33. The molecule has 6 heteroatoms. The fourth-order valence-corrected chi connectivity index (χ4v) is 2.82. The highest BCUT2D eigenvalue weighted by molar-refractivity contribution is 7.98. The molecular weight excluding hydrogens is 270 g/mol. The first-order chi connectivity index (χ1) is 8.74. The Bertz CT molecular complexity index is 548. The topological polar surface area (TPSA) is 64.9 Å². The van der Waals surface area contributed by atoms with Gasteiger partial charge in [-0.25, -0.2) is 0 Å². The van der Waals surface area contributed by atoms with E-state index in [2.05, 4.69) is 10.1 Å². The lowest BCUT2D eigenvalue weighted by atomic mass is 10.3. The summed E-state index contributed by atoms with van der Waals surface area (Å²) in [6, 6.07) is 5.49. The van der Waals surface area contributed by atoms with Crippen LogP contribution < -0.4 is 5.73 Å². The minimum Gasteiger partial charge on any atom is -0.398 e. The molecule has 1 aliphatic carbocycles. The van der Waals surface area contributed by atoms with Crippen molar-refractivity contribution in [3.63, 3.8) is 0 Å². The largest absolute Gasteiger partial charge is 0.398 e. The number of nitrogens with two attached hydrogens (primary N) is 1. The molecule has 0 aliphatic heterocycles. The summed E-state index contributed by atoms with van der Waals surface area (Å²) in [7, 11) is 0. The van der Waals surface area contributed by atoms with Crippen LogP contribution >= 0.6 is 23.4 Å². The number of benzene rings is 1. The zero-order valence-electron chi connectivity index (χ0n) is 9.60. The molecule has 0 radical (unpaired) electrons. The second-order valence-electron chi connectivity index (χ2n) is 4.27. The van der Waals surface area contributed by atoms with E-state index in [0.29, 0.717) is 28.3 Å². The smallest absolute Gasteiger partial charge is 0.237 e. The van der Waals surface area contributed by atoms with Crippen molar-refractivity contribution in [3.8, 4) is 0 Å². The summed E-state index contributed by atoms with van der Waals surface area (Å²) in [4.78, 5) is 5.23. The van der Waals surface area contributed by atoms with Gasteiger partial charge in [0.2, 0.25) is 5.89 Å². The van der Waals surface area contributed by atoms with E-state index in [4.69, 9.17) is 21.9 Å². The molecule has 1 saturated carbocycles. The SMILES string of the molecule is Nc1cccc(Cl)c1SCc1nc(C2CC2)no1. The predicted octanol–water partition coefficient (Wildman–Crippen LogP) is 3.47. The van der Waals surface area contributed by atoms with Crippen LogP contribution in [0.4, 0.5) is 5.69 Å². The minimum absolute atomic E-state index is 0.512. The van der Waals surface area contributed by atoms with Crippen LogP contribution in [0.15, 0.2) is 27.6 Å². The number of hydrogen-bond donors (Lipinski definition) is 1. The molecule has 1 aliphatic rings. The highest BCUT2D eigenvalue weighted by Crippen LogP contribution is 2.39. The van der Waals surface area contributed by atoms with E-state index in [0.717, 1.165) is 10.7 Å². The average Bonchev–Trinajstić information content (AvgIpc) is 3.09. The summed E-state index contributed by atoms with van der Waals surface area (Å²) in [5.74, 6) is 2.56. The van der Waals surface area contributed by atoms with Gasteiger partial charge in [0.25, 0.3) is 0 Å². The van der Waals surface area contributed by atoms with E-state index in [-0.39, 0.29) is 0 Å². The van der Waals surface area contributed by atoms with Gasteiger partial charge in [-0.1, -0.05) is 22.8 Å². The molecule has 0 saturated heterocycles. The average molecular weight is 282 g/mol. The lowest BCUT2D eigenvalue weighted by molar-refractivity contribution is 0.385.